The van der Waals surface area contributed by atoms with Crippen LogP contribution in [-0.4, -0.2) is 59.3 Å². The molecule has 0 radical (unpaired) electrons. The van der Waals surface area contributed by atoms with Crippen molar-refractivity contribution >= 4 is 27.3 Å². The van der Waals surface area contributed by atoms with Crippen molar-refractivity contribution < 1.29 is 57.3 Å². The lowest BCUT2D eigenvalue weighted by atomic mass is 9.85. The smallest absolute Gasteiger partial charge is 0.460 e. The van der Waals surface area contributed by atoms with Gasteiger partial charge >= 0.3 is 23.3 Å². The largest absolute Gasteiger partial charge is 0.743 e. The van der Waals surface area contributed by atoms with Gasteiger partial charge in [0.1, 0.15) is 11.0 Å². The summed E-state index contributed by atoms with van der Waals surface area (Å²) < 4.78 is 135. The summed E-state index contributed by atoms with van der Waals surface area (Å²) in [6, 6.07) is 0. The predicted octanol–water partition coefficient (Wildman–Crippen LogP) is 4.50. The molecule has 0 aromatic carbocycles. The molecular formula is C16H21F9O4S2. The number of hydrogen-bond donors (Lipinski definition) is 0. The predicted molar refractivity (Wildman–Crippen MR) is 93.4 cm³/mol. The first-order valence-electron chi connectivity index (χ1n) is 9.17. The summed E-state index contributed by atoms with van der Waals surface area (Å²) in [5.41, 5.74) is 0. The summed E-state index contributed by atoms with van der Waals surface area (Å²) in [5.74, 6) is -11.6. The van der Waals surface area contributed by atoms with Crippen LogP contribution in [0, 0.1) is 5.92 Å². The van der Waals surface area contributed by atoms with Crippen LogP contribution in [0.3, 0.4) is 0 Å². The van der Waals surface area contributed by atoms with E-state index in [2.05, 4.69) is 0 Å². The Kier molecular flexibility index (Phi) is 9.19. The number of halogens is 9. The van der Waals surface area contributed by atoms with Crippen molar-refractivity contribution in [3.05, 3.63) is 0 Å². The molecule has 2 aliphatic rings. The Morgan fingerprint density at radius 3 is 1.77 bits per heavy atom. The van der Waals surface area contributed by atoms with Crippen molar-refractivity contribution in [2.24, 2.45) is 5.92 Å². The molecule has 184 valence electrons. The molecule has 15 heteroatoms. The van der Waals surface area contributed by atoms with Gasteiger partial charge in [0, 0.05) is 5.92 Å². The van der Waals surface area contributed by atoms with E-state index in [0.29, 0.717) is 10.9 Å². The Labute approximate surface area is 176 Å². The molecule has 1 saturated carbocycles. The third-order valence-corrected chi connectivity index (χ3v) is 8.95. The molecule has 0 bridgehead atoms. The highest BCUT2D eigenvalue weighted by molar-refractivity contribution is 7.98. The molecule has 0 N–H and O–H groups in total. The molecule has 0 aromatic rings. The van der Waals surface area contributed by atoms with Gasteiger partial charge in [-0.1, -0.05) is 19.3 Å². The molecule has 2 fully saturated rings. The van der Waals surface area contributed by atoms with E-state index in [1.165, 1.54) is 50.7 Å². The van der Waals surface area contributed by atoms with Crippen LogP contribution in [0.25, 0.3) is 0 Å². The Morgan fingerprint density at radius 2 is 1.35 bits per heavy atom. The summed E-state index contributed by atoms with van der Waals surface area (Å²) in [5, 5.41) is -6.18. The monoisotopic (exact) mass is 512 g/mol. The summed E-state index contributed by atoms with van der Waals surface area (Å²) in [4.78, 5) is 10.6. The molecule has 0 aromatic heterocycles. The number of carbonyl (C=O) groups is 1. The van der Waals surface area contributed by atoms with E-state index in [1.807, 2.05) is 0 Å². The maximum atomic E-state index is 12.2. The molecule has 1 saturated heterocycles. The first-order chi connectivity index (χ1) is 13.9. The average Bonchev–Trinajstić information content (AvgIpc) is 3.09. The number of alkyl halides is 9. The standard InChI is InChI=1S/C12H21OS.C4HF9O3S/c13-8-10-14-9-4-7-12(14)11-5-2-1-3-6-11;5-1(6,3(9,10)11)2(7,8)4(12,13)17(14,15)16/h8,11-12H,1-7,9-10H2;(H,14,15,16)/q+1;/p-1. The van der Waals surface area contributed by atoms with Crippen LogP contribution in [-0.2, 0) is 25.8 Å². The highest BCUT2D eigenvalue weighted by Crippen LogP contribution is 2.54. The molecule has 2 unspecified atom stereocenters. The van der Waals surface area contributed by atoms with E-state index in [4.69, 9.17) is 0 Å². The van der Waals surface area contributed by atoms with Crippen molar-refractivity contribution in [2.75, 3.05) is 11.5 Å². The van der Waals surface area contributed by atoms with Gasteiger partial charge in [0.15, 0.2) is 22.2 Å². The average molecular weight is 512 g/mol. The third kappa shape index (κ3) is 6.01. The first kappa shape index (κ1) is 28.3. The second-order valence-corrected chi connectivity index (χ2v) is 11.1. The van der Waals surface area contributed by atoms with E-state index in [0.717, 1.165) is 23.2 Å². The zero-order valence-electron chi connectivity index (χ0n) is 15.9. The van der Waals surface area contributed by atoms with E-state index in [1.54, 1.807) is 0 Å². The Bertz CT molecular complexity index is 704. The lowest BCUT2D eigenvalue weighted by Crippen LogP contribution is -2.63. The minimum absolute atomic E-state index is 0.469. The van der Waals surface area contributed by atoms with E-state index in [-0.39, 0.29) is 0 Å². The van der Waals surface area contributed by atoms with Crippen LogP contribution in [0.5, 0.6) is 0 Å². The number of rotatable bonds is 6. The number of aldehydes is 1. The van der Waals surface area contributed by atoms with Crippen molar-refractivity contribution in [3.8, 4) is 0 Å². The Balaban J connectivity index is 0.000000314. The Hall–Kier alpha value is -0.700. The van der Waals surface area contributed by atoms with Gasteiger partial charge in [-0.15, -0.1) is 0 Å². The highest BCUT2D eigenvalue weighted by Gasteiger charge is 2.83. The SMILES string of the molecule is O=CC[S+]1CCCC1C1CCCCC1.O=S(=O)([O-])C(F)(F)C(F)(F)C(F)(F)C(F)(F)F. The van der Waals surface area contributed by atoms with E-state index < -0.39 is 33.4 Å². The molecular weight excluding hydrogens is 491 g/mol. The molecule has 1 aliphatic heterocycles. The highest BCUT2D eigenvalue weighted by atomic mass is 32.2. The fourth-order valence-corrected chi connectivity index (χ4v) is 6.80. The minimum Gasteiger partial charge on any atom is -0.743 e. The van der Waals surface area contributed by atoms with E-state index >= 15 is 0 Å². The maximum absolute atomic E-state index is 12.2. The van der Waals surface area contributed by atoms with Crippen molar-refractivity contribution in [3.63, 3.8) is 0 Å². The van der Waals surface area contributed by atoms with Crippen LogP contribution in [0.15, 0.2) is 0 Å². The van der Waals surface area contributed by atoms with Gasteiger partial charge in [-0.05, 0) is 36.6 Å². The molecule has 0 amide bonds. The molecule has 1 aliphatic carbocycles. The molecule has 31 heavy (non-hydrogen) atoms. The third-order valence-electron chi connectivity index (χ3n) is 5.21. The van der Waals surface area contributed by atoms with Crippen LogP contribution in [0.4, 0.5) is 39.5 Å². The summed E-state index contributed by atoms with van der Waals surface area (Å²) in [6.07, 6.45) is 4.04. The number of hydrogen-bond acceptors (Lipinski definition) is 4. The summed E-state index contributed by atoms with van der Waals surface area (Å²) >= 11 is 0. The van der Waals surface area contributed by atoms with Crippen molar-refractivity contribution in [1.29, 1.82) is 0 Å². The second-order valence-electron chi connectivity index (χ2n) is 7.27. The quantitative estimate of drug-likeness (QED) is 0.227. The summed E-state index contributed by atoms with van der Waals surface area (Å²) in [7, 11) is -6.95. The second kappa shape index (κ2) is 10.1. The minimum atomic E-state index is -7.43. The summed E-state index contributed by atoms with van der Waals surface area (Å²) in [6.45, 7) is 0. The molecule has 4 nitrogen and oxygen atoms in total. The van der Waals surface area contributed by atoms with Crippen LogP contribution in [0.2, 0.25) is 0 Å². The van der Waals surface area contributed by atoms with Crippen LogP contribution >= 0.6 is 0 Å². The molecule has 0 spiro atoms. The van der Waals surface area contributed by atoms with Gasteiger partial charge in [0.2, 0.25) is 0 Å². The maximum Gasteiger partial charge on any atom is 0.460 e. The topological polar surface area (TPSA) is 74.3 Å². The van der Waals surface area contributed by atoms with Gasteiger partial charge in [0.25, 0.3) is 0 Å². The zero-order chi connectivity index (χ0) is 24.3. The fourth-order valence-electron chi connectivity index (χ4n) is 3.61. The van der Waals surface area contributed by atoms with Gasteiger partial charge in [0.05, 0.1) is 0 Å². The van der Waals surface area contributed by atoms with Crippen LogP contribution in [0.1, 0.15) is 44.9 Å². The van der Waals surface area contributed by atoms with Gasteiger partial charge in [-0.3, -0.25) is 4.79 Å². The van der Waals surface area contributed by atoms with Crippen molar-refractivity contribution in [2.45, 2.75) is 73.5 Å². The van der Waals surface area contributed by atoms with Gasteiger partial charge in [-0.2, -0.15) is 39.5 Å². The van der Waals surface area contributed by atoms with E-state index in [9.17, 15) is 57.3 Å². The lowest BCUT2D eigenvalue weighted by Gasteiger charge is -2.34. The lowest BCUT2D eigenvalue weighted by molar-refractivity contribution is -0.382. The first-order valence-corrected chi connectivity index (χ1v) is 12.2. The van der Waals surface area contributed by atoms with Crippen molar-refractivity contribution in [1.82, 2.24) is 0 Å². The van der Waals surface area contributed by atoms with Crippen LogP contribution < -0.4 is 0 Å². The number of carbonyl (C=O) groups excluding carboxylic acids is 1. The normalized spacial score (nSPS) is 24.5. The zero-order valence-corrected chi connectivity index (χ0v) is 17.6. The Morgan fingerprint density at radius 1 is 0.839 bits per heavy atom. The molecule has 2 rings (SSSR count). The molecule has 1 heterocycles. The molecule has 2 atom stereocenters. The fraction of sp³-hybridized carbons (Fsp3) is 0.938. The van der Waals surface area contributed by atoms with Gasteiger partial charge in [-0.25, -0.2) is 8.42 Å². The van der Waals surface area contributed by atoms with Gasteiger partial charge < -0.3 is 4.55 Å².